The molecule has 0 saturated heterocycles. The summed E-state index contributed by atoms with van der Waals surface area (Å²) in [4.78, 5) is 27.5. The molecule has 0 aliphatic carbocycles. The molecule has 0 aliphatic rings. The second-order valence-corrected chi connectivity index (χ2v) is 4.54. The van der Waals surface area contributed by atoms with Crippen LogP contribution in [-0.2, 0) is 11.3 Å². The third-order valence-corrected chi connectivity index (χ3v) is 2.99. The van der Waals surface area contributed by atoms with Crippen LogP contribution in [-0.4, -0.2) is 22.7 Å². The summed E-state index contributed by atoms with van der Waals surface area (Å²) in [5.41, 5.74) is 1.72. The van der Waals surface area contributed by atoms with Crippen LogP contribution in [0.5, 0.6) is 0 Å². The number of nitrogens with one attached hydrogen (secondary N) is 2. The maximum absolute atomic E-state index is 12.2. The Bertz CT molecular complexity index is 632. The minimum atomic E-state index is -0.357. The van der Waals surface area contributed by atoms with Crippen LogP contribution in [0.4, 0.5) is 5.69 Å². The summed E-state index contributed by atoms with van der Waals surface area (Å²) in [6.07, 6.45) is 3.35. The van der Waals surface area contributed by atoms with Crippen LogP contribution in [0.3, 0.4) is 0 Å². The normalized spacial score (nSPS) is 9.95. The highest BCUT2D eigenvalue weighted by Gasteiger charge is 2.12. The van der Waals surface area contributed by atoms with Crippen molar-refractivity contribution in [2.75, 3.05) is 11.2 Å². The third-order valence-electron chi connectivity index (χ3n) is 2.74. The average Bonchev–Trinajstić information content (AvgIpc) is 2.54. The molecule has 0 spiro atoms. The monoisotopic (exact) mass is 303 g/mol. The summed E-state index contributed by atoms with van der Waals surface area (Å²) in [6, 6.07) is 10.4. The molecule has 1 heterocycles. The molecule has 21 heavy (non-hydrogen) atoms. The maximum Gasteiger partial charge on any atom is 0.253 e. The lowest BCUT2D eigenvalue weighted by Gasteiger charge is -2.10. The van der Waals surface area contributed by atoms with E-state index in [1.54, 1.807) is 42.7 Å². The first kappa shape index (κ1) is 15.0. The Morgan fingerprint density at radius 3 is 2.67 bits per heavy atom. The Morgan fingerprint density at radius 1 is 1.14 bits per heavy atom. The first-order chi connectivity index (χ1) is 10.2. The molecular formula is C15H14ClN3O2. The number of para-hydroxylation sites is 1. The van der Waals surface area contributed by atoms with Gasteiger partial charge in [0.1, 0.15) is 5.88 Å². The minimum Gasteiger partial charge on any atom is -0.348 e. The van der Waals surface area contributed by atoms with Gasteiger partial charge in [0.25, 0.3) is 5.91 Å². The Kier molecular flexibility index (Phi) is 5.29. The number of halogens is 1. The lowest BCUT2D eigenvalue weighted by Crippen LogP contribution is -2.25. The molecule has 2 amide bonds. The van der Waals surface area contributed by atoms with Gasteiger partial charge >= 0.3 is 0 Å². The van der Waals surface area contributed by atoms with E-state index in [1.807, 2.05) is 6.07 Å². The van der Waals surface area contributed by atoms with E-state index in [2.05, 4.69) is 15.6 Å². The molecule has 6 heteroatoms. The van der Waals surface area contributed by atoms with Gasteiger partial charge in [0.15, 0.2) is 0 Å². The topological polar surface area (TPSA) is 71.1 Å². The summed E-state index contributed by atoms with van der Waals surface area (Å²) in [7, 11) is 0. The van der Waals surface area contributed by atoms with Crippen LogP contribution in [0.2, 0.25) is 0 Å². The van der Waals surface area contributed by atoms with Crippen molar-refractivity contribution in [1.29, 1.82) is 0 Å². The van der Waals surface area contributed by atoms with Crippen LogP contribution in [0.25, 0.3) is 0 Å². The van der Waals surface area contributed by atoms with Crippen LogP contribution in [0.15, 0.2) is 48.8 Å². The smallest absolute Gasteiger partial charge is 0.253 e. The number of benzene rings is 1. The number of amides is 2. The van der Waals surface area contributed by atoms with Gasteiger partial charge in [-0.25, -0.2) is 0 Å². The van der Waals surface area contributed by atoms with E-state index in [1.165, 1.54) is 0 Å². The van der Waals surface area contributed by atoms with Crippen LogP contribution < -0.4 is 10.6 Å². The lowest BCUT2D eigenvalue weighted by atomic mass is 10.1. The van der Waals surface area contributed by atoms with Crippen molar-refractivity contribution in [3.8, 4) is 0 Å². The standard InChI is InChI=1S/C15H14ClN3O2/c16-8-14(20)19-13-6-2-1-5-12(13)15(21)18-10-11-4-3-7-17-9-11/h1-7,9H,8,10H2,(H,18,21)(H,19,20). The van der Waals surface area contributed by atoms with Crippen molar-refractivity contribution in [2.45, 2.75) is 6.54 Å². The minimum absolute atomic E-state index is 0.161. The summed E-state index contributed by atoms with van der Waals surface area (Å²) in [5, 5.41) is 5.38. The SMILES string of the molecule is O=C(CCl)Nc1ccccc1C(=O)NCc1cccnc1. The molecule has 0 fully saturated rings. The molecule has 0 unspecified atom stereocenters. The zero-order valence-corrected chi connectivity index (χ0v) is 11.9. The van der Waals surface area contributed by atoms with E-state index in [0.29, 0.717) is 17.8 Å². The largest absolute Gasteiger partial charge is 0.348 e. The van der Waals surface area contributed by atoms with E-state index in [-0.39, 0.29) is 17.7 Å². The second kappa shape index (κ2) is 7.40. The summed E-state index contributed by atoms with van der Waals surface area (Å²) >= 11 is 5.46. The maximum atomic E-state index is 12.2. The highest BCUT2D eigenvalue weighted by Crippen LogP contribution is 2.15. The summed E-state index contributed by atoms with van der Waals surface area (Å²) in [5.74, 6) is -0.792. The summed E-state index contributed by atoms with van der Waals surface area (Å²) in [6.45, 7) is 0.366. The number of pyridine rings is 1. The molecule has 2 rings (SSSR count). The van der Waals surface area contributed by atoms with Crippen LogP contribution in [0.1, 0.15) is 15.9 Å². The number of aromatic nitrogens is 1. The number of alkyl halides is 1. The average molecular weight is 304 g/mol. The number of anilines is 1. The van der Waals surface area contributed by atoms with E-state index in [9.17, 15) is 9.59 Å². The first-order valence-corrected chi connectivity index (χ1v) is 6.86. The fraction of sp³-hybridized carbons (Fsp3) is 0.133. The quantitative estimate of drug-likeness (QED) is 0.832. The van der Waals surface area contributed by atoms with Crippen molar-refractivity contribution >= 4 is 29.1 Å². The predicted molar refractivity (Wildman–Crippen MR) is 81.2 cm³/mol. The van der Waals surface area contributed by atoms with Gasteiger partial charge in [-0.3, -0.25) is 14.6 Å². The van der Waals surface area contributed by atoms with Gasteiger partial charge in [0.05, 0.1) is 11.3 Å². The molecule has 2 N–H and O–H groups in total. The van der Waals surface area contributed by atoms with Crippen molar-refractivity contribution in [2.24, 2.45) is 0 Å². The van der Waals surface area contributed by atoms with Crippen molar-refractivity contribution in [3.63, 3.8) is 0 Å². The Morgan fingerprint density at radius 2 is 1.95 bits per heavy atom. The van der Waals surface area contributed by atoms with E-state index >= 15 is 0 Å². The molecule has 0 aliphatic heterocycles. The first-order valence-electron chi connectivity index (χ1n) is 6.32. The second-order valence-electron chi connectivity index (χ2n) is 4.27. The molecule has 2 aromatic rings. The fourth-order valence-electron chi connectivity index (χ4n) is 1.75. The Balaban J connectivity index is 2.07. The molecular weight excluding hydrogens is 290 g/mol. The van der Waals surface area contributed by atoms with E-state index in [4.69, 9.17) is 11.6 Å². The van der Waals surface area contributed by atoms with Gasteiger partial charge in [0.2, 0.25) is 5.91 Å². The number of carbonyl (C=O) groups excluding carboxylic acids is 2. The molecule has 5 nitrogen and oxygen atoms in total. The molecule has 1 aromatic heterocycles. The molecule has 0 bridgehead atoms. The van der Waals surface area contributed by atoms with Crippen LogP contribution in [0, 0.1) is 0 Å². The Labute approximate surface area is 127 Å². The van der Waals surface area contributed by atoms with Gasteiger partial charge in [-0.1, -0.05) is 18.2 Å². The van der Waals surface area contributed by atoms with E-state index < -0.39 is 0 Å². The third kappa shape index (κ3) is 4.29. The zero-order chi connectivity index (χ0) is 15.1. The number of hydrogen-bond donors (Lipinski definition) is 2. The van der Waals surface area contributed by atoms with Gasteiger partial charge in [0, 0.05) is 18.9 Å². The van der Waals surface area contributed by atoms with E-state index in [0.717, 1.165) is 5.56 Å². The van der Waals surface area contributed by atoms with Crippen LogP contribution >= 0.6 is 11.6 Å². The van der Waals surface area contributed by atoms with Gasteiger partial charge in [-0.05, 0) is 23.8 Å². The number of hydrogen-bond acceptors (Lipinski definition) is 3. The lowest BCUT2D eigenvalue weighted by molar-refractivity contribution is -0.113. The molecule has 0 atom stereocenters. The van der Waals surface area contributed by atoms with Crippen molar-refractivity contribution < 1.29 is 9.59 Å². The van der Waals surface area contributed by atoms with Crippen molar-refractivity contribution in [1.82, 2.24) is 10.3 Å². The highest BCUT2D eigenvalue weighted by atomic mass is 35.5. The number of nitrogens with zero attached hydrogens (tertiary/aromatic N) is 1. The van der Waals surface area contributed by atoms with Crippen molar-refractivity contribution in [3.05, 3.63) is 59.9 Å². The summed E-state index contributed by atoms with van der Waals surface area (Å²) < 4.78 is 0. The molecule has 0 radical (unpaired) electrons. The molecule has 0 saturated carbocycles. The zero-order valence-electron chi connectivity index (χ0n) is 11.2. The fourth-order valence-corrected chi connectivity index (χ4v) is 1.82. The molecule has 108 valence electrons. The van der Waals surface area contributed by atoms with Gasteiger partial charge in [-0.15, -0.1) is 11.6 Å². The molecule has 1 aromatic carbocycles. The predicted octanol–water partition coefficient (Wildman–Crippen LogP) is 2.19. The van der Waals surface area contributed by atoms with Gasteiger partial charge in [-0.2, -0.15) is 0 Å². The number of rotatable bonds is 5. The van der Waals surface area contributed by atoms with Gasteiger partial charge < -0.3 is 10.6 Å². The highest BCUT2D eigenvalue weighted by molar-refractivity contribution is 6.29. The Hall–Kier alpha value is -2.40. The number of carbonyl (C=O) groups is 2.